The van der Waals surface area contributed by atoms with Crippen LogP contribution in [0.25, 0.3) is 11.1 Å². The van der Waals surface area contributed by atoms with Gasteiger partial charge in [-0.15, -0.1) is 0 Å². The van der Waals surface area contributed by atoms with E-state index >= 15 is 0 Å². The van der Waals surface area contributed by atoms with Gasteiger partial charge in [0, 0.05) is 24.5 Å². The quantitative estimate of drug-likeness (QED) is 0.287. The van der Waals surface area contributed by atoms with E-state index in [4.69, 9.17) is 14.2 Å². The van der Waals surface area contributed by atoms with Crippen molar-refractivity contribution in [3.63, 3.8) is 0 Å². The number of benzene rings is 3. The minimum Gasteiger partial charge on any atom is -0.494 e. The van der Waals surface area contributed by atoms with E-state index in [9.17, 15) is 9.90 Å². The highest BCUT2D eigenvalue weighted by atomic mass is 16.5. The van der Waals surface area contributed by atoms with Crippen molar-refractivity contribution in [1.29, 1.82) is 0 Å². The van der Waals surface area contributed by atoms with Crippen LogP contribution < -0.4 is 9.47 Å². The van der Waals surface area contributed by atoms with Crippen LogP contribution in [-0.4, -0.2) is 37.0 Å². The van der Waals surface area contributed by atoms with Gasteiger partial charge in [0.15, 0.2) is 6.10 Å². The van der Waals surface area contributed by atoms with Gasteiger partial charge in [-0.1, -0.05) is 61.9 Å². The van der Waals surface area contributed by atoms with E-state index in [0.29, 0.717) is 19.6 Å². The van der Waals surface area contributed by atoms with Crippen molar-refractivity contribution >= 4 is 5.97 Å². The largest absolute Gasteiger partial charge is 0.494 e. The second kappa shape index (κ2) is 11.9. The molecular weight excluding hydrogens is 440 g/mol. The van der Waals surface area contributed by atoms with Crippen LogP contribution >= 0.6 is 0 Å². The molecule has 0 aromatic heterocycles. The molecule has 0 radical (unpaired) electrons. The fourth-order valence-corrected chi connectivity index (χ4v) is 4.73. The number of carboxylic acids is 1. The summed E-state index contributed by atoms with van der Waals surface area (Å²) >= 11 is 0. The first kappa shape index (κ1) is 24.8. The molecule has 4 rings (SSSR count). The summed E-state index contributed by atoms with van der Waals surface area (Å²) < 4.78 is 17.6. The predicted octanol–water partition coefficient (Wildman–Crippen LogP) is 6.48. The zero-order valence-corrected chi connectivity index (χ0v) is 20.5. The molecule has 5 nitrogen and oxygen atoms in total. The number of hydrogen-bond acceptors (Lipinski definition) is 4. The molecule has 1 N–H and O–H groups in total. The second-order valence-electron chi connectivity index (χ2n) is 8.83. The van der Waals surface area contributed by atoms with Crippen molar-refractivity contribution < 1.29 is 24.1 Å². The Hall–Kier alpha value is -3.31. The Morgan fingerprint density at radius 3 is 2.43 bits per heavy atom. The van der Waals surface area contributed by atoms with Crippen LogP contribution in [0.4, 0.5) is 0 Å². The summed E-state index contributed by atoms with van der Waals surface area (Å²) in [5, 5.41) is 9.29. The first-order chi connectivity index (χ1) is 17.1. The van der Waals surface area contributed by atoms with E-state index in [0.717, 1.165) is 42.9 Å². The lowest BCUT2D eigenvalue weighted by molar-refractivity contribution is -0.149. The third kappa shape index (κ3) is 5.85. The summed E-state index contributed by atoms with van der Waals surface area (Å²) in [5.74, 6) is 1.07. The Balaban J connectivity index is 1.42. The van der Waals surface area contributed by atoms with Crippen LogP contribution in [0.3, 0.4) is 0 Å². The highest BCUT2D eigenvalue weighted by molar-refractivity contribution is 5.83. The number of fused-ring (bicyclic) bond motifs is 3. The highest BCUT2D eigenvalue weighted by Gasteiger charge is 2.30. The summed E-state index contributed by atoms with van der Waals surface area (Å²) in [6, 6.07) is 22.6. The Morgan fingerprint density at radius 1 is 0.914 bits per heavy atom. The normalized spacial score (nSPS) is 14.7. The molecule has 3 aromatic rings. The molecule has 0 heterocycles. The topological polar surface area (TPSA) is 65.0 Å². The first-order valence-electron chi connectivity index (χ1n) is 12.5. The minimum atomic E-state index is -0.941. The third-order valence-corrected chi connectivity index (χ3v) is 6.46. The van der Waals surface area contributed by atoms with Crippen molar-refractivity contribution in [3.05, 3.63) is 83.4 Å². The Bertz CT molecular complexity index is 1120. The molecule has 0 aliphatic heterocycles. The Labute approximate surface area is 207 Å². The molecule has 0 fully saturated rings. The molecule has 0 spiro atoms. The van der Waals surface area contributed by atoms with Gasteiger partial charge in [-0.2, -0.15) is 0 Å². The highest BCUT2D eigenvalue weighted by Crippen LogP contribution is 2.50. The van der Waals surface area contributed by atoms with Crippen molar-refractivity contribution in [2.24, 2.45) is 0 Å². The molecule has 0 amide bonds. The van der Waals surface area contributed by atoms with E-state index < -0.39 is 12.1 Å². The standard InChI is InChI=1S/C30H34O5/c1-3-5-18-35-27-12-8-11-26-24(23-9-6-7-10-25(23)29(26)27)17-19-34-22-15-13-21(14-16-22)20-28(30(31)32)33-4-2/h6-16,24,28H,3-5,17-20H2,1-2H3,(H,31,32). The van der Waals surface area contributed by atoms with Crippen LogP contribution in [0.15, 0.2) is 66.7 Å². The first-order valence-corrected chi connectivity index (χ1v) is 12.5. The lowest BCUT2D eigenvalue weighted by atomic mass is 9.94. The molecule has 2 atom stereocenters. The lowest BCUT2D eigenvalue weighted by Gasteiger charge is -2.16. The molecule has 35 heavy (non-hydrogen) atoms. The van der Waals surface area contributed by atoms with Crippen LogP contribution in [0.1, 0.15) is 55.7 Å². The lowest BCUT2D eigenvalue weighted by Crippen LogP contribution is -2.26. The van der Waals surface area contributed by atoms with Crippen LogP contribution in [-0.2, 0) is 16.0 Å². The molecule has 5 heteroatoms. The molecule has 1 aliphatic carbocycles. The van der Waals surface area contributed by atoms with Crippen molar-refractivity contribution in [3.8, 4) is 22.6 Å². The van der Waals surface area contributed by atoms with E-state index in [1.165, 1.54) is 22.3 Å². The molecule has 1 aliphatic rings. The average Bonchev–Trinajstić information content (AvgIpc) is 3.19. The summed E-state index contributed by atoms with van der Waals surface area (Å²) in [7, 11) is 0. The minimum absolute atomic E-state index is 0.262. The molecule has 2 unspecified atom stereocenters. The van der Waals surface area contributed by atoms with E-state index in [1.807, 2.05) is 24.3 Å². The SMILES string of the molecule is CCCCOc1cccc2c1-c1ccccc1C2CCOc1ccc(CC(OCC)C(=O)O)cc1. The van der Waals surface area contributed by atoms with Crippen molar-refractivity contribution in [1.82, 2.24) is 0 Å². The summed E-state index contributed by atoms with van der Waals surface area (Å²) in [6.07, 6.45) is 2.52. The van der Waals surface area contributed by atoms with Crippen molar-refractivity contribution in [2.75, 3.05) is 19.8 Å². The summed E-state index contributed by atoms with van der Waals surface area (Å²) in [5.41, 5.74) is 6.01. The van der Waals surface area contributed by atoms with Crippen LogP contribution in [0.2, 0.25) is 0 Å². The van der Waals surface area contributed by atoms with Crippen molar-refractivity contribution in [2.45, 2.75) is 51.6 Å². The van der Waals surface area contributed by atoms with Gasteiger partial charge in [0.05, 0.1) is 13.2 Å². The zero-order chi connectivity index (χ0) is 24.6. The van der Waals surface area contributed by atoms with Gasteiger partial charge in [0.2, 0.25) is 0 Å². The molecular formula is C30H34O5. The molecule has 0 saturated carbocycles. The Morgan fingerprint density at radius 2 is 1.69 bits per heavy atom. The van der Waals surface area contributed by atoms with Crippen LogP contribution in [0.5, 0.6) is 11.5 Å². The maximum atomic E-state index is 11.3. The fourth-order valence-electron chi connectivity index (χ4n) is 4.73. The fraction of sp³-hybridized carbons (Fsp3) is 0.367. The number of rotatable bonds is 13. The summed E-state index contributed by atoms with van der Waals surface area (Å²) in [4.78, 5) is 11.3. The predicted molar refractivity (Wildman–Crippen MR) is 137 cm³/mol. The number of unbranched alkanes of at least 4 members (excludes halogenated alkanes) is 1. The number of aliphatic carboxylic acids is 1. The van der Waals surface area contributed by atoms with E-state index in [1.54, 1.807) is 6.92 Å². The maximum absolute atomic E-state index is 11.3. The monoisotopic (exact) mass is 474 g/mol. The molecule has 0 bridgehead atoms. The maximum Gasteiger partial charge on any atom is 0.333 e. The van der Waals surface area contributed by atoms with Gasteiger partial charge >= 0.3 is 5.97 Å². The number of carboxylic acid groups (broad SMARTS) is 1. The second-order valence-corrected chi connectivity index (χ2v) is 8.83. The molecule has 184 valence electrons. The van der Waals surface area contributed by atoms with Gasteiger partial charge in [-0.3, -0.25) is 0 Å². The third-order valence-electron chi connectivity index (χ3n) is 6.46. The average molecular weight is 475 g/mol. The van der Waals surface area contributed by atoms with Gasteiger partial charge in [0.1, 0.15) is 11.5 Å². The van der Waals surface area contributed by atoms with Gasteiger partial charge < -0.3 is 19.3 Å². The van der Waals surface area contributed by atoms with Gasteiger partial charge in [-0.25, -0.2) is 4.79 Å². The van der Waals surface area contributed by atoms with Gasteiger partial charge in [0.25, 0.3) is 0 Å². The number of ether oxygens (including phenoxy) is 3. The van der Waals surface area contributed by atoms with E-state index in [2.05, 4.69) is 49.4 Å². The van der Waals surface area contributed by atoms with Gasteiger partial charge in [-0.05, 0) is 60.2 Å². The number of carbonyl (C=O) groups is 1. The molecule has 0 saturated heterocycles. The number of hydrogen-bond donors (Lipinski definition) is 1. The van der Waals surface area contributed by atoms with Crippen LogP contribution in [0, 0.1) is 0 Å². The smallest absolute Gasteiger partial charge is 0.333 e. The molecule has 3 aromatic carbocycles. The zero-order valence-electron chi connectivity index (χ0n) is 20.5. The Kier molecular flexibility index (Phi) is 8.43. The van der Waals surface area contributed by atoms with E-state index in [-0.39, 0.29) is 5.92 Å². The summed E-state index contributed by atoms with van der Waals surface area (Å²) in [6.45, 7) is 5.66.